The summed E-state index contributed by atoms with van der Waals surface area (Å²) in [5, 5.41) is 9.23. The van der Waals surface area contributed by atoms with Gasteiger partial charge in [-0.05, 0) is 60.7 Å². The van der Waals surface area contributed by atoms with Crippen LogP contribution in [0.1, 0.15) is 11.3 Å². The number of nitrogens with zero attached hydrogens (tertiary/aromatic N) is 2. The molecule has 9 heteroatoms. The minimum Gasteiger partial charge on any atom is -0.463 e. The summed E-state index contributed by atoms with van der Waals surface area (Å²) >= 11 is 1.63. The fourth-order valence-electron chi connectivity index (χ4n) is 3.23. The topological polar surface area (TPSA) is 83.6 Å². The first kappa shape index (κ1) is 22.4. The number of hydrogen-bond acceptors (Lipinski definition) is 6. The van der Waals surface area contributed by atoms with Gasteiger partial charge in [0.2, 0.25) is 0 Å². The lowest BCUT2D eigenvalue weighted by atomic mass is 10.1. The van der Waals surface area contributed by atoms with Crippen molar-refractivity contribution in [2.75, 3.05) is 19.5 Å². The first-order chi connectivity index (χ1) is 14.9. The Labute approximate surface area is 182 Å². The molecule has 0 aliphatic heterocycles. The van der Waals surface area contributed by atoms with Crippen molar-refractivity contribution >= 4 is 17.7 Å². The zero-order chi connectivity index (χ0) is 22.4. The second kappa shape index (κ2) is 10.1. The molecule has 162 valence electrons. The van der Waals surface area contributed by atoms with E-state index in [0.717, 1.165) is 21.8 Å². The van der Waals surface area contributed by atoms with Crippen LogP contribution in [0.25, 0.3) is 16.9 Å². The number of halogens is 1. The molecule has 0 N–H and O–H groups in total. The number of esters is 1. The van der Waals surface area contributed by atoms with E-state index in [1.807, 2.05) is 48.1 Å². The fraction of sp³-hybridized carbons (Fsp3) is 0.227. The van der Waals surface area contributed by atoms with E-state index in [0.29, 0.717) is 11.3 Å². The summed E-state index contributed by atoms with van der Waals surface area (Å²) in [6, 6.07) is 16.1. The van der Waals surface area contributed by atoms with Crippen LogP contribution in [0.5, 0.6) is 0 Å². The molecule has 3 rings (SSSR count). The minimum absolute atomic E-state index is 0.0253. The monoisotopic (exact) mass is 444 g/mol. The van der Waals surface area contributed by atoms with E-state index in [9.17, 15) is 19.3 Å². The molecular formula is C22H21FN2O5S. The van der Waals surface area contributed by atoms with Gasteiger partial charge in [0.15, 0.2) is 0 Å². The van der Waals surface area contributed by atoms with E-state index in [1.165, 1.54) is 12.1 Å². The van der Waals surface area contributed by atoms with Crippen LogP contribution < -0.4 is 0 Å². The summed E-state index contributed by atoms with van der Waals surface area (Å²) < 4.78 is 20.8. The molecule has 1 heterocycles. The molecule has 0 aliphatic carbocycles. The van der Waals surface area contributed by atoms with Gasteiger partial charge in [-0.15, -0.1) is 21.9 Å². The minimum atomic E-state index is -0.939. The average Bonchev–Trinajstić information content (AvgIpc) is 3.07. The second-order valence-corrected chi connectivity index (χ2v) is 7.52. The molecule has 31 heavy (non-hydrogen) atoms. The predicted octanol–water partition coefficient (Wildman–Crippen LogP) is 4.61. The standard InChI is InChI=1S/C22H21FN2O5S/c1-15-17(13-22(26)29-10-11-30-25(27)28)12-21(16-6-8-20(31-2)9-7-16)24(15)19-5-3-4-18(23)14-19/h3-9,12,14H,10-11,13H2,1-2H3. The number of hydrogen-bond donors (Lipinski definition) is 0. The Morgan fingerprint density at radius 2 is 1.90 bits per heavy atom. The number of thioether (sulfide) groups is 1. The zero-order valence-electron chi connectivity index (χ0n) is 17.0. The Balaban J connectivity index is 1.92. The molecule has 2 aromatic carbocycles. The first-order valence-electron chi connectivity index (χ1n) is 9.43. The molecule has 0 atom stereocenters. The lowest BCUT2D eigenvalue weighted by Crippen LogP contribution is -2.14. The number of carbonyl (C=O) groups is 1. The lowest BCUT2D eigenvalue weighted by Gasteiger charge is -2.13. The maximum Gasteiger partial charge on any atom is 0.310 e. The van der Waals surface area contributed by atoms with Gasteiger partial charge in [-0.1, -0.05) is 18.2 Å². The van der Waals surface area contributed by atoms with Crippen molar-refractivity contribution < 1.29 is 23.8 Å². The molecule has 0 fully saturated rings. The third kappa shape index (κ3) is 5.64. The highest BCUT2D eigenvalue weighted by molar-refractivity contribution is 7.98. The van der Waals surface area contributed by atoms with Gasteiger partial charge in [0.1, 0.15) is 19.0 Å². The van der Waals surface area contributed by atoms with Crippen LogP contribution in [0.2, 0.25) is 0 Å². The molecule has 0 radical (unpaired) electrons. The van der Waals surface area contributed by atoms with Crippen LogP contribution in [-0.4, -0.2) is 35.1 Å². The largest absolute Gasteiger partial charge is 0.463 e. The number of rotatable bonds is 9. The number of ether oxygens (including phenoxy) is 1. The predicted molar refractivity (Wildman–Crippen MR) is 115 cm³/mol. The van der Waals surface area contributed by atoms with Crippen molar-refractivity contribution in [1.82, 2.24) is 4.57 Å². The normalized spacial score (nSPS) is 10.7. The van der Waals surface area contributed by atoms with E-state index in [4.69, 9.17) is 4.74 Å². The van der Waals surface area contributed by atoms with Crippen LogP contribution in [0.3, 0.4) is 0 Å². The maximum absolute atomic E-state index is 13.9. The van der Waals surface area contributed by atoms with Gasteiger partial charge in [-0.2, -0.15) is 0 Å². The number of benzene rings is 2. The van der Waals surface area contributed by atoms with E-state index in [2.05, 4.69) is 4.84 Å². The third-order valence-corrected chi connectivity index (χ3v) is 5.43. The lowest BCUT2D eigenvalue weighted by molar-refractivity contribution is -0.757. The SMILES string of the molecule is CSc1ccc(-c2cc(CC(=O)OCCO[N+](=O)[O-])c(C)n2-c2cccc(F)c2)cc1. The van der Waals surface area contributed by atoms with Crippen molar-refractivity contribution in [1.29, 1.82) is 0 Å². The van der Waals surface area contributed by atoms with Crippen LogP contribution >= 0.6 is 11.8 Å². The average molecular weight is 444 g/mol. The van der Waals surface area contributed by atoms with Crippen LogP contribution in [0, 0.1) is 22.9 Å². The van der Waals surface area contributed by atoms with Crippen LogP contribution in [-0.2, 0) is 20.8 Å². The molecule has 0 saturated heterocycles. The Morgan fingerprint density at radius 1 is 1.16 bits per heavy atom. The number of aromatic nitrogens is 1. The molecule has 0 spiro atoms. The second-order valence-electron chi connectivity index (χ2n) is 6.64. The highest BCUT2D eigenvalue weighted by Crippen LogP contribution is 2.31. The molecule has 0 unspecified atom stereocenters. The molecule has 3 aromatic rings. The summed E-state index contributed by atoms with van der Waals surface area (Å²) in [6.07, 6.45) is 1.97. The summed E-state index contributed by atoms with van der Waals surface area (Å²) in [5.74, 6) is -0.892. The summed E-state index contributed by atoms with van der Waals surface area (Å²) in [5.41, 5.74) is 3.86. The Morgan fingerprint density at radius 3 is 2.55 bits per heavy atom. The zero-order valence-corrected chi connectivity index (χ0v) is 17.9. The third-order valence-electron chi connectivity index (χ3n) is 4.68. The molecular weight excluding hydrogens is 423 g/mol. The van der Waals surface area contributed by atoms with Gasteiger partial charge in [0, 0.05) is 16.3 Å². The van der Waals surface area contributed by atoms with Crippen molar-refractivity contribution in [3.05, 3.63) is 81.8 Å². The van der Waals surface area contributed by atoms with Gasteiger partial charge in [0.25, 0.3) is 5.09 Å². The summed E-state index contributed by atoms with van der Waals surface area (Å²) in [6.45, 7) is 1.31. The van der Waals surface area contributed by atoms with Gasteiger partial charge in [-0.3, -0.25) is 4.79 Å². The summed E-state index contributed by atoms with van der Waals surface area (Å²) in [4.78, 5) is 27.6. The van der Waals surface area contributed by atoms with Crippen molar-refractivity contribution in [2.45, 2.75) is 18.2 Å². The maximum atomic E-state index is 13.9. The Kier molecular flexibility index (Phi) is 7.30. The molecule has 0 bridgehead atoms. The highest BCUT2D eigenvalue weighted by atomic mass is 32.2. The Bertz CT molecular complexity index is 1080. The van der Waals surface area contributed by atoms with Gasteiger partial charge in [0.05, 0.1) is 12.1 Å². The quantitative estimate of drug-likeness (QED) is 0.158. The van der Waals surface area contributed by atoms with E-state index in [-0.39, 0.29) is 25.5 Å². The Hall–Kier alpha value is -3.33. The van der Waals surface area contributed by atoms with Crippen molar-refractivity contribution in [2.24, 2.45) is 0 Å². The van der Waals surface area contributed by atoms with Gasteiger partial charge < -0.3 is 14.1 Å². The van der Waals surface area contributed by atoms with Crippen LogP contribution in [0.15, 0.2) is 59.5 Å². The molecule has 1 aromatic heterocycles. The molecule has 0 aliphatic rings. The fourth-order valence-corrected chi connectivity index (χ4v) is 3.64. The smallest absolute Gasteiger partial charge is 0.310 e. The van der Waals surface area contributed by atoms with Gasteiger partial charge in [-0.25, -0.2) is 4.39 Å². The van der Waals surface area contributed by atoms with E-state index in [1.54, 1.807) is 23.9 Å². The molecule has 0 saturated carbocycles. The first-order valence-corrected chi connectivity index (χ1v) is 10.7. The molecule has 7 nitrogen and oxygen atoms in total. The summed E-state index contributed by atoms with van der Waals surface area (Å²) in [7, 11) is 0. The number of carbonyl (C=O) groups excluding carboxylic acids is 1. The highest BCUT2D eigenvalue weighted by Gasteiger charge is 2.18. The van der Waals surface area contributed by atoms with E-state index >= 15 is 0 Å². The van der Waals surface area contributed by atoms with Crippen LogP contribution in [0.4, 0.5) is 4.39 Å². The van der Waals surface area contributed by atoms with Gasteiger partial charge >= 0.3 is 5.97 Å². The van der Waals surface area contributed by atoms with Crippen molar-refractivity contribution in [3.63, 3.8) is 0 Å². The van der Waals surface area contributed by atoms with Crippen molar-refractivity contribution in [3.8, 4) is 16.9 Å². The molecule has 0 amide bonds. The van der Waals surface area contributed by atoms with E-state index < -0.39 is 11.1 Å².